The highest BCUT2D eigenvalue weighted by Crippen LogP contribution is 2.35. The van der Waals surface area contributed by atoms with E-state index in [9.17, 15) is 9.59 Å². The lowest BCUT2D eigenvalue weighted by atomic mass is 9.81. The Labute approximate surface area is 99.6 Å². The van der Waals surface area contributed by atoms with Gasteiger partial charge in [-0.1, -0.05) is 23.7 Å². The average molecular weight is 237 g/mol. The van der Waals surface area contributed by atoms with E-state index in [1.54, 1.807) is 0 Å². The fourth-order valence-electron chi connectivity index (χ4n) is 2.35. The van der Waals surface area contributed by atoms with Crippen LogP contribution in [0.25, 0.3) is 0 Å². The van der Waals surface area contributed by atoms with Gasteiger partial charge < -0.3 is 0 Å². The maximum absolute atomic E-state index is 11.4. The third-order valence-electron chi connectivity index (χ3n) is 3.02. The summed E-state index contributed by atoms with van der Waals surface area (Å²) in [4.78, 5) is 22.8. The second-order valence-corrected chi connectivity index (χ2v) is 4.74. The minimum absolute atomic E-state index is 0.0255. The van der Waals surface area contributed by atoms with Gasteiger partial charge in [-0.3, -0.25) is 9.59 Å². The van der Waals surface area contributed by atoms with Crippen molar-refractivity contribution < 1.29 is 9.59 Å². The van der Waals surface area contributed by atoms with Crippen molar-refractivity contribution in [2.45, 2.75) is 32.1 Å². The molecule has 0 spiro atoms. The minimum atomic E-state index is -0.0255. The standard InChI is InChI=1S/C13H13ClO2/c1-8-3-2-4-12(14)13(8)9-5-10(15)7-11(16)6-9/h2-4,9H,5-7H2,1H3. The molecule has 0 atom stereocenters. The first-order valence-corrected chi connectivity index (χ1v) is 5.74. The predicted molar refractivity (Wildman–Crippen MR) is 62.8 cm³/mol. The maximum atomic E-state index is 11.4. The average Bonchev–Trinajstić information content (AvgIpc) is 2.15. The van der Waals surface area contributed by atoms with Gasteiger partial charge in [0.2, 0.25) is 0 Å². The summed E-state index contributed by atoms with van der Waals surface area (Å²) in [6.45, 7) is 1.96. The van der Waals surface area contributed by atoms with Gasteiger partial charge in [-0.05, 0) is 30.0 Å². The Morgan fingerprint density at radius 1 is 1.19 bits per heavy atom. The van der Waals surface area contributed by atoms with Crippen molar-refractivity contribution in [1.82, 2.24) is 0 Å². The number of hydrogen-bond donors (Lipinski definition) is 0. The van der Waals surface area contributed by atoms with Gasteiger partial charge in [0.25, 0.3) is 0 Å². The molecular formula is C13H13ClO2. The number of rotatable bonds is 1. The molecule has 2 nitrogen and oxygen atoms in total. The molecule has 1 aliphatic carbocycles. The highest BCUT2D eigenvalue weighted by atomic mass is 35.5. The number of Topliss-reactive ketones (excluding diaryl/α,β-unsaturated/α-hetero) is 2. The number of carbonyl (C=O) groups excluding carboxylic acids is 2. The number of hydrogen-bond acceptors (Lipinski definition) is 2. The molecule has 0 unspecified atom stereocenters. The van der Waals surface area contributed by atoms with Crippen molar-refractivity contribution in [3.63, 3.8) is 0 Å². The molecule has 1 saturated carbocycles. The molecule has 1 aromatic carbocycles. The van der Waals surface area contributed by atoms with Crippen LogP contribution >= 0.6 is 11.6 Å². The first kappa shape index (κ1) is 11.3. The Hall–Kier alpha value is -1.15. The Morgan fingerprint density at radius 3 is 2.38 bits per heavy atom. The lowest BCUT2D eigenvalue weighted by molar-refractivity contribution is -0.130. The van der Waals surface area contributed by atoms with Crippen molar-refractivity contribution >= 4 is 23.2 Å². The molecule has 1 fully saturated rings. The summed E-state index contributed by atoms with van der Waals surface area (Å²) < 4.78 is 0. The van der Waals surface area contributed by atoms with Crippen LogP contribution in [0.3, 0.4) is 0 Å². The lowest BCUT2D eigenvalue weighted by Crippen LogP contribution is -2.22. The van der Waals surface area contributed by atoms with E-state index in [0.717, 1.165) is 11.1 Å². The summed E-state index contributed by atoms with van der Waals surface area (Å²) in [6, 6.07) is 5.66. The van der Waals surface area contributed by atoms with Crippen LogP contribution in [0.15, 0.2) is 18.2 Å². The van der Waals surface area contributed by atoms with Crippen molar-refractivity contribution in [1.29, 1.82) is 0 Å². The quantitative estimate of drug-likeness (QED) is 0.703. The lowest BCUT2D eigenvalue weighted by Gasteiger charge is -2.23. The molecule has 2 rings (SSSR count). The molecule has 0 aliphatic heterocycles. The predicted octanol–water partition coefficient (Wildman–Crippen LogP) is 3.05. The molecule has 0 saturated heterocycles. The van der Waals surface area contributed by atoms with Crippen molar-refractivity contribution in [2.75, 3.05) is 0 Å². The number of carbonyl (C=O) groups is 2. The molecule has 1 aromatic rings. The van der Waals surface area contributed by atoms with E-state index in [0.29, 0.717) is 17.9 Å². The van der Waals surface area contributed by atoms with Gasteiger partial charge in [0, 0.05) is 17.9 Å². The zero-order valence-corrected chi connectivity index (χ0v) is 9.88. The van der Waals surface area contributed by atoms with E-state index in [2.05, 4.69) is 0 Å². The Balaban J connectivity index is 2.36. The maximum Gasteiger partial charge on any atom is 0.140 e. The summed E-state index contributed by atoms with van der Waals surface area (Å²) in [5, 5.41) is 0.660. The fourth-order valence-corrected chi connectivity index (χ4v) is 2.73. The molecular weight excluding hydrogens is 224 g/mol. The van der Waals surface area contributed by atoms with Crippen LogP contribution in [-0.2, 0) is 9.59 Å². The highest BCUT2D eigenvalue weighted by molar-refractivity contribution is 6.31. The molecule has 0 N–H and O–H groups in total. The van der Waals surface area contributed by atoms with E-state index >= 15 is 0 Å². The number of ketones is 2. The van der Waals surface area contributed by atoms with Gasteiger partial charge in [0.15, 0.2) is 0 Å². The van der Waals surface area contributed by atoms with E-state index in [-0.39, 0.29) is 23.9 Å². The third-order valence-corrected chi connectivity index (χ3v) is 3.35. The summed E-state index contributed by atoms with van der Waals surface area (Å²) in [7, 11) is 0. The number of halogens is 1. The van der Waals surface area contributed by atoms with E-state index in [1.807, 2.05) is 25.1 Å². The van der Waals surface area contributed by atoms with Crippen molar-refractivity contribution in [2.24, 2.45) is 0 Å². The first-order valence-electron chi connectivity index (χ1n) is 5.36. The molecule has 0 radical (unpaired) electrons. The smallest absolute Gasteiger partial charge is 0.140 e. The normalized spacial score (nSPS) is 17.9. The van der Waals surface area contributed by atoms with Gasteiger partial charge in [0.1, 0.15) is 11.6 Å². The monoisotopic (exact) mass is 236 g/mol. The number of benzene rings is 1. The molecule has 0 aromatic heterocycles. The fraction of sp³-hybridized carbons (Fsp3) is 0.385. The van der Waals surface area contributed by atoms with Crippen LogP contribution in [-0.4, -0.2) is 11.6 Å². The van der Waals surface area contributed by atoms with E-state index in [1.165, 1.54) is 0 Å². The van der Waals surface area contributed by atoms with Gasteiger partial charge >= 0.3 is 0 Å². The molecule has 16 heavy (non-hydrogen) atoms. The summed E-state index contributed by atoms with van der Waals surface area (Å²) >= 11 is 6.14. The molecule has 0 amide bonds. The largest absolute Gasteiger partial charge is 0.299 e. The molecule has 84 valence electrons. The molecule has 1 aliphatic rings. The minimum Gasteiger partial charge on any atom is -0.299 e. The van der Waals surface area contributed by atoms with Crippen LogP contribution in [0, 0.1) is 6.92 Å². The van der Waals surface area contributed by atoms with Gasteiger partial charge in [-0.2, -0.15) is 0 Å². The molecule has 0 heterocycles. The summed E-state index contributed by atoms with van der Waals surface area (Å²) in [5.74, 6) is 0.0311. The molecule has 0 bridgehead atoms. The number of aryl methyl sites for hydroxylation is 1. The topological polar surface area (TPSA) is 34.1 Å². The van der Waals surface area contributed by atoms with Crippen LogP contribution in [0.5, 0.6) is 0 Å². The van der Waals surface area contributed by atoms with E-state index in [4.69, 9.17) is 11.6 Å². The first-order chi connectivity index (χ1) is 7.58. The second kappa shape index (κ2) is 4.38. The zero-order chi connectivity index (χ0) is 11.7. The molecule has 3 heteroatoms. The van der Waals surface area contributed by atoms with Gasteiger partial charge in [0.05, 0.1) is 6.42 Å². The summed E-state index contributed by atoms with van der Waals surface area (Å²) in [5.41, 5.74) is 2.02. The van der Waals surface area contributed by atoms with Crippen LogP contribution in [0.2, 0.25) is 5.02 Å². The third kappa shape index (κ3) is 2.17. The van der Waals surface area contributed by atoms with E-state index < -0.39 is 0 Å². The van der Waals surface area contributed by atoms with Gasteiger partial charge in [-0.15, -0.1) is 0 Å². The Bertz CT molecular complexity index is 415. The second-order valence-electron chi connectivity index (χ2n) is 4.33. The van der Waals surface area contributed by atoms with Gasteiger partial charge in [-0.25, -0.2) is 0 Å². The van der Waals surface area contributed by atoms with Crippen LogP contribution in [0.4, 0.5) is 0 Å². The highest BCUT2D eigenvalue weighted by Gasteiger charge is 2.28. The van der Waals surface area contributed by atoms with Crippen LogP contribution < -0.4 is 0 Å². The summed E-state index contributed by atoms with van der Waals surface area (Å²) in [6.07, 6.45) is 0.979. The Morgan fingerprint density at radius 2 is 1.81 bits per heavy atom. The van der Waals surface area contributed by atoms with Crippen molar-refractivity contribution in [3.05, 3.63) is 34.3 Å². The Kier molecular flexibility index (Phi) is 3.10. The van der Waals surface area contributed by atoms with Crippen LogP contribution in [0.1, 0.15) is 36.3 Å². The van der Waals surface area contributed by atoms with Crippen molar-refractivity contribution in [3.8, 4) is 0 Å². The SMILES string of the molecule is Cc1cccc(Cl)c1C1CC(=O)CC(=O)C1. The zero-order valence-electron chi connectivity index (χ0n) is 9.13.